The van der Waals surface area contributed by atoms with Crippen molar-refractivity contribution in [3.8, 4) is 0 Å². The van der Waals surface area contributed by atoms with E-state index in [-0.39, 0.29) is 24.0 Å². The number of aliphatic imine (C=N–C) groups is 1. The largest absolute Gasteiger partial charge is 0.355 e. The maximum Gasteiger partial charge on any atom is 0.191 e. The Kier molecular flexibility index (Phi) is 10.7. The van der Waals surface area contributed by atoms with Gasteiger partial charge in [0.05, 0.1) is 0 Å². The summed E-state index contributed by atoms with van der Waals surface area (Å²) in [5, 5.41) is 8.29. The van der Waals surface area contributed by atoms with E-state index in [0.29, 0.717) is 11.6 Å². The molecule has 2 aliphatic heterocycles. The Labute approximate surface area is 194 Å². The molecule has 2 heterocycles. The minimum atomic E-state index is 0. The highest BCUT2D eigenvalue weighted by Gasteiger charge is 2.39. The molecule has 0 radical (unpaired) electrons. The zero-order chi connectivity index (χ0) is 19.1. The quantitative estimate of drug-likeness (QED) is 0.318. The molecule has 0 amide bonds. The van der Waals surface area contributed by atoms with Gasteiger partial charge in [-0.1, -0.05) is 13.3 Å². The number of likely N-dealkylation sites (tertiary alicyclic amines) is 2. The first-order valence-electron chi connectivity index (χ1n) is 11.2. The van der Waals surface area contributed by atoms with Gasteiger partial charge in [-0.3, -0.25) is 9.89 Å². The topological polar surface area (TPSA) is 42.9 Å². The summed E-state index contributed by atoms with van der Waals surface area (Å²) in [4.78, 5) is 9.84. The van der Waals surface area contributed by atoms with Gasteiger partial charge in [0.2, 0.25) is 0 Å². The van der Waals surface area contributed by atoms with Crippen LogP contribution >= 0.6 is 35.7 Å². The molecule has 3 fully saturated rings. The molecule has 1 aliphatic carbocycles. The van der Waals surface area contributed by atoms with E-state index in [4.69, 9.17) is 0 Å². The molecular weight excluding hydrogens is 481 g/mol. The highest BCUT2D eigenvalue weighted by molar-refractivity contribution is 14.0. The van der Waals surface area contributed by atoms with E-state index in [0.717, 1.165) is 17.8 Å². The first kappa shape index (κ1) is 24.5. The number of nitrogens with zero attached hydrogens (tertiary/aromatic N) is 3. The zero-order valence-corrected chi connectivity index (χ0v) is 21.4. The van der Waals surface area contributed by atoms with Crippen LogP contribution in [0, 0.1) is 0 Å². The predicted molar refractivity (Wildman–Crippen MR) is 134 cm³/mol. The van der Waals surface area contributed by atoms with Crippen molar-refractivity contribution >= 4 is 41.7 Å². The lowest BCUT2D eigenvalue weighted by molar-refractivity contribution is 0.0173. The van der Waals surface area contributed by atoms with Crippen molar-refractivity contribution in [2.24, 2.45) is 4.99 Å². The van der Waals surface area contributed by atoms with Crippen molar-refractivity contribution in [1.29, 1.82) is 0 Å². The summed E-state index contributed by atoms with van der Waals surface area (Å²) < 4.78 is 0. The Morgan fingerprint density at radius 3 is 2.46 bits per heavy atom. The molecule has 5 nitrogen and oxygen atoms in total. The van der Waals surface area contributed by atoms with E-state index in [1.165, 1.54) is 83.3 Å². The Hall–Kier alpha value is 0.270. The summed E-state index contributed by atoms with van der Waals surface area (Å²) in [6, 6.07) is 0.587. The Bertz CT molecular complexity index is 475. The molecule has 2 saturated heterocycles. The van der Waals surface area contributed by atoms with Crippen LogP contribution in [0.5, 0.6) is 0 Å². The molecule has 164 valence electrons. The highest BCUT2D eigenvalue weighted by Crippen LogP contribution is 2.31. The van der Waals surface area contributed by atoms with Gasteiger partial charge >= 0.3 is 0 Å². The van der Waals surface area contributed by atoms with E-state index >= 15 is 0 Å². The van der Waals surface area contributed by atoms with Crippen LogP contribution in [0.15, 0.2) is 4.99 Å². The minimum Gasteiger partial charge on any atom is -0.355 e. The lowest BCUT2D eigenvalue weighted by Crippen LogP contribution is -2.62. The average Bonchev–Trinajstić information content (AvgIpc) is 3.14. The van der Waals surface area contributed by atoms with Crippen LogP contribution in [0.3, 0.4) is 0 Å². The third kappa shape index (κ3) is 6.64. The van der Waals surface area contributed by atoms with E-state index in [1.807, 2.05) is 7.05 Å². The Balaban J connectivity index is 0.00000280. The number of hydrogen-bond donors (Lipinski definition) is 2. The maximum absolute atomic E-state index is 4.56. The normalized spacial score (nSPS) is 29.3. The van der Waals surface area contributed by atoms with Gasteiger partial charge < -0.3 is 15.5 Å². The molecule has 7 heteroatoms. The Morgan fingerprint density at radius 1 is 1.11 bits per heavy atom. The lowest BCUT2D eigenvalue weighted by atomic mass is 9.84. The summed E-state index contributed by atoms with van der Waals surface area (Å²) in [5.41, 5.74) is 0.306. The minimum absolute atomic E-state index is 0. The van der Waals surface area contributed by atoms with Crippen molar-refractivity contribution in [1.82, 2.24) is 20.4 Å². The number of thioether (sulfide) groups is 1. The van der Waals surface area contributed by atoms with Crippen LogP contribution in [-0.2, 0) is 0 Å². The number of guanidine groups is 1. The fraction of sp³-hybridized carbons (Fsp3) is 0.952. The first-order chi connectivity index (χ1) is 13.1. The second-order valence-electron chi connectivity index (χ2n) is 8.73. The van der Waals surface area contributed by atoms with Crippen LogP contribution in [0.2, 0.25) is 0 Å². The molecule has 28 heavy (non-hydrogen) atoms. The fourth-order valence-electron chi connectivity index (χ4n) is 5.10. The molecule has 2 atom stereocenters. The number of hydrogen-bond acceptors (Lipinski definition) is 4. The molecule has 0 aromatic carbocycles. The van der Waals surface area contributed by atoms with Crippen molar-refractivity contribution < 1.29 is 0 Å². The smallest absolute Gasteiger partial charge is 0.191 e. The van der Waals surface area contributed by atoms with Gasteiger partial charge in [-0.25, -0.2) is 0 Å². The van der Waals surface area contributed by atoms with Gasteiger partial charge in [-0.15, -0.1) is 24.0 Å². The van der Waals surface area contributed by atoms with E-state index < -0.39 is 0 Å². The van der Waals surface area contributed by atoms with Crippen molar-refractivity contribution in [2.45, 2.75) is 75.1 Å². The summed E-state index contributed by atoms with van der Waals surface area (Å²) in [5.74, 6) is 2.24. The second kappa shape index (κ2) is 12.2. The molecule has 2 unspecified atom stereocenters. The van der Waals surface area contributed by atoms with Gasteiger partial charge in [0.1, 0.15) is 0 Å². The maximum atomic E-state index is 4.56. The second-order valence-corrected chi connectivity index (χ2v) is 10.3. The van der Waals surface area contributed by atoms with Crippen molar-refractivity contribution in [2.75, 3.05) is 52.6 Å². The van der Waals surface area contributed by atoms with Crippen LogP contribution in [0.4, 0.5) is 0 Å². The zero-order valence-electron chi connectivity index (χ0n) is 18.2. The van der Waals surface area contributed by atoms with E-state index in [1.54, 1.807) is 0 Å². The SMILES string of the molecule is CCSC1CCC(NC(=NC)NCC2(N3CCCCC3)CCN(C)CC2)C1.I. The molecule has 0 spiro atoms. The Morgan fingerprint density at radius 2 is 1.82 bits per heavy atom. The number of rotatable bonds is 6. The summed E-state index contributed by atoms with van der Waals surface area (Å²) in [7, 11) is 4.18. The number of halogens is 1. The number of nitrogens with one attached hydrogen (secondary N) is 2. The van der Waals surface area contributed by atoms with Crippen molar-refractivity contribution in [3.05, 3.63) is 0 Å². The fourth-order valence-corrected chi connectivity index (χ4v) is 6.24. The molecule has 0 aromatic heterocycles. The van der Waals surface area contributed by atoms with Crippen LogP contribution in [0.1, 0.15) is 58.3 Å². The third-order valence-electron chi connectivity index (χ3n) is 6.88. The molecule has 1 saturated carbocycles. The van der Waals surface area contributed by atoms with Gasteiger partial charge in [-0.2, -0.15) is 11.8 Å². The van der Waals surface area contributed by atoms with Crippen LogP contribution in [-0.4, -0.2) is 85.2 Å². The summed E-state index contributed by atoms with van der Waals surface area (Å²) in [6.45, 7) is 8.27. The van der Waals surface area contributed by atoms with Crippen LogP contribution < -0.4 is 10.6 Å². The van der Waals surface area contributed by atoms with Crippen molar-refractivity contribution in [3.63, 3.8) is 0 Å². The molecule has 3 rings (SSSR count). The summed E-state index contributed by atoms with van der Waals surface area (Å²) in [6.07, 6.45) is 10.6. The monoisotopic (exact) mass is 523 g/mol. The van der Waals surface area contributed by atoms with Gasteiger partial charge in [0, 0.05) is 30.4 Å². The molecule has 0 aromatic rings. The molecular formula is C21H42IN5S. The highest BCUT2D eigenvalue weighted by atomic mass is 127. The van der Waals surface area contributed by atoms with E-state index in [2.05, 4.69) is 51.2 Å². The van der Waals surface area contributed by atoms with Gasteiger partial charge in [0.15, 0.2) is 5.96 Å². The molecule has 2 N–H and O–H groups in total. The molecule has 3 aliphatic rings. The van der Waals surface area contributed by atoms with Crippen LogP contribution in [0.25, 0.3) is 0 Å². The lowest BCUT2D eigenvalue weighted by Gasteiger charge is -2.50. The third-order valence-corrected chi connectivity index (χ3v) is 8.11. The van der Waals surface area contributed by atoms with Gasteiger partial charge in [0.25, 0.3) is 0 Å². The molecule has 0 bridgehead atoms. The first-order valence-corrected chi connectivity index (χ1v) is 12.2. The van der Waals surface area contributed by atoms with E-state index in [9.17, 15) is 0 Å². The number of piperidine rings is 2. The standard InChI is InChI=1S/C21H41N5S.HI/c1-4-27-19-9-8-18(16-19)24-20(22-2)23-17-21(10-14-25(3)15-11-21)26-12-6-5-7-13-26;/h18-19H,4-17H2,1-3H3,(H2,22,23,24);1H. The average molecular weight is 524 g/mol. The van der Waals surface area contributed by atoms with Gasteiger partial charge in [-0.05, 0) is 83.9 Å². The predicted octanol–water partition coefficient (Wildman–Crippen LogP) is 3.39. The summed E-state index contributed by atoms with van der Waals surface area (Å²) >= 11 is 2.12.